The quantitative estimate of drug-likeness (QED) is 0.792. The van der Waals surface area contributed by atoms with E-state index in [4.69, 9.17) is 21.1 Å². The van der Waals surface area contributed by atoms with Crippen molar-refractivity contribution in [1.29, 1.82) is 0 Å². The monoisotopic (exact) mass is 241 g/mol. The predicted octanol–water partition coefficient (Wildman–Crippen LogP) is 2.20. The van der Waals surface area contributed by atoms with Gasteiger partial charge < -0.3 is 19.9 Å². The fraction of sp³-hybridized carbons (Fsp3) is 0.455. The van der Waals surface area contributed by atoms with Crippen molar-refractivity contribution in [3.8, 4) is 17.2 Å². The highest BCUT2D eigenvalue weighted by Gasteiger charge is 2.30. The normalized spacial score (nSPS) is 22.7. The number of benzene rings is 1. The number of hydrogen-bond donors (Lipinski definition) is 2. The minimum absolute atomic E-state index is 0.102. The Labute approximate surface area is 98.1 Å². The molecular formula is C11H12ClNO3. The number of halogens is 1. The van der Waals surface area contributed by atoms with E-state index in [0.29, 0.717) is 16.5 Å². The van der Waals surface area contributed by atoms with Gasteiger partial charge in [0.05, 0.1) is 10.6 Å². The molecule has 0 spiro atoms. The molecule has 1 fully saturated rings. The lowest BCUT2D eigenvalue weighted by molar-refractivity contribution is 0.172. The maximum absolute atomic E-state index is 10.0. The van der Waals surface area contributed by atoms with Crippen LogP contribution in [0.25, 0.3) is 0 Å². The van der Waals surface area contributed by atoms with Crippen molar-refractivity contribution >= 4 is 11.6 Å². The van der Waals surface area contributed by atoms with Crippen LogP contribution in [0.5, 0.6) is 17.2 Å². The van der Waals surface area contributed by atoms with E-state index in [-0.39, 0.29) is 18.6 Å². The van der Waals surface area contributed by atoms with Gasteiger partial charge in [-0.05, 0) is 19.4 Å². The zero-order valence-corrected chi connectivity index (χ0v) is 9.38. The standard InChI is InChI=1S/C11H12ClNO3/c12-6-4-8-11(16-5-15-8)9(10(6)14)7-2-1-3-13-7/h4,7,13-14H,1-3,5H2. The summed E-state index contributed by atoms with van der Waals surface area (Å²) in [6.45, 7) is 1.14. The third kappa shape index (κ3) is 1.41. The van der Waals surface area contributed by atoms with Gasteiger partial charge in [-0.2, -0.15) is 0 Å². The van der Waals surface area contributed by atoms with Crippen molar-refractivity contribution in [2.75, 3.05) is 13.3 Å². The van der Waals surface area contributed by atoms with Gasteiger partial charge in [0.25, 0.3) is 0 Å². The van der Waals surface area contributed by atoms with E-state index in [2.05, 4.69) is 5.32 Å². The third-order valence-electron chi connectivity index (χ3n) is 3.03. The number of phenolic OH excluding ortho intramolecular Hbond substituents is 1. The van der Waals surface area contributed by atoms with Crippen molar-refractivity contribution in [2.24, 2.45) is 0 Å². The first kappa shape index (κ1) is 10.1. The lowest BCUT2D eigenvalue weighted by atomic mass is 10.0. The second-order valence-corrected chi connectivity index (χ2v) is 4.41. The summed E-state index contributed by atoms with van der Waals surface area (Å²) < 4.78 is 10.7. The summed E-state index contributed by atoms with van der Waals surface area (Å²) in [6.07, 6.45) is 2.07. The highest BCUT2D eigenvalue weighted by molar-refractivity contribution is 6.32. The first-order chi connectivity index (χ1) is 7.77. The third-order valence-corrected chi connectivity index (χ3v) is 3.32. The molecule has 0 amide bonds. The molecule has 1 atom stereocenters. The van der Waals surface area contributed by atoms with Gasteiger partial charge in [-0.15, -0.1) is 0 Å². The van der Waals surface area contributed by atoms with Gasteiger partial charge in [0.2, 0.25) is 6.79 Å². The Morgan fingerprint density at radius 1 is 1.44 bits per heavy atom. The van der Waals surface area contributed by atoms with Gasteiger partial charge in [0, 0.05) is 12.1 Å². The van der Waals surface area contributed by atoms with E-state index < -0.39 is 0 Å². The highest BCUT2D eigenvalue weighted by atomic mass is 35.5. The van der Waals surface area contributed by atoms with Crippen molar-refractivity contribution in [1.82, 2.24) is 5.32 Å². The Morgan fingerprint density at radius 3 is 3.06 bits per heavy atom. The highest BCUT2D eigenvalue weighted by Crippen LogP contribution is 2.48. The SMILES string of the molecule is Oc1c(Cl)cc2c(c1C1CCCN1)OCO2. The molecular weight excluding hydrogens is 230 g/mol. The zero-order chi connectivity index (χ0) is 11.1. The number of fused-ring (bicyclic) bond motifs is 1. The average Bonchev–Trinajstić information content (AvgIpc) is 2.89. The number of aromatic hydroxyl groups is 1. The summed E-state index contributed by atoms with van der Waals surface area (Å²) in [5, 5.41) is 13.6. The van der Waals surface area contributed by atoms with Crippen LogP contribution in [0.1, 0.15) is 24.4 Å². The summed E-state index contributed by atoms with van der Waals surface area (Å²) in [6, 6.07) is 1.70. The maximum atomic E-state index is 10.0. The zero-order valence-electron chi connectivity index (χ0n) is 8.62. The second kappa shape index (κ2) is 3.71. The van der Waals surface area contributed by atoms with Crippen LogP contribution in [0.15, 0.2) is 6.07 Å². The summed E-state index contributed by atoms with van der Waals surface area (Å²) in [4.78, 5) is 0. The van der Waals surface area contributed by atoms with E-state index in [1.807, 2.05) is 0 Å². The molecule has 86 valence electrons. The lowest BCUT2D eigenvalue weighted by Crippen LogP contribution is -2.13. The Balaban J connectivity index is 2.14. The summed E-state index contributed by atoms with van der Waals surface area (Å²) in [5.41, 5.74) is 0.734. The molecule has 1 unspecified atom stereocenters. The Hall–Kier alpha value is -1.13. The minimum Gasteiger partial charge on any atom is -0.506 e. The molecule has 0 saturated carbocycles. The molecule has 0 bridgehead atoms. The van der Waals surface area contributed by atoms with Gasteiger partial charge in [0.1, 0.15) is 5.75 Å². The van der Waals surface area contributed by atoms with Crippen LogP contribution >= 0.6 is 11.6 Å². The van der Waals surface area contributed by atoms with Crippen molar-refractivity contribution < 1.29 is 14.6 Å². The Morgan fingerprint density at radius 2 is 2.31 bits per heavy atom. The van der Waals surface area contributed by atoms with Gasteiger partial charge in [-0.25, -0.2) is 0 Å². The molecule has 1 saturated heterocycles. The molecule has 2 aliphatic rings. The van der Waals surface area contributed by atoms with Crippen LogP contribution in [0, 0.1) is 0 Å². The average molecular weight is 242 g/mol. The van der Waals surface area contributed by atoms with Gasteiger partial charge in [0.15, 0.2) is 11.5 Å². The van der Waals surface area contributed by atoms with Gasteiger partial charge >= 0.3 is 0 Å². The van der Waals surface area contributed by atoms with Crippen molar-refractivity contribution in [2.45, 2.75) is 18.9 Å². The molecule has 1 aromatic carbocycles. The van der Waals surface area contributed by atoms with E-state index in [0.717, 1.165) is 24.9 Å². The number of nitrogens with one attached hydrogen (secondary N) is 1. The van der Waals surface area contributed by atoms with Crippen LogP contribution in [0.2, 0.25) is 5.02 Å². The fourth-order valence-electron chi connectivity index (χ4n) is 2.28. The number of rotatable bonds is 1. The van der Waals surface area contributed by atoms with Crippen LogP contribution in [0.3, 0.4) is 0 Å². The van der Waals surface area contributed by atoms with Crippen LogP contribution in [0.4, 0.5) is 0 Å². The molecule has 0 aromatic heterocycles. The van der Waals surface area contributed by atoms with E-state index in [9.17, 15) is 5.11 Å². The molecule has 0 radical (unpaired) electrons. The lowest BCUT2D eigenvalue weighted by Gasteiger charge is -2.15. The van der Waals surface area contributed by atoms with E-state index in [1.165, 1.54) is 0 Å². The molecule has 1 aromatic rings. The molecule has 5 heteroatoms. The van der Waals surface area contributed by atoms with Crippen molar-refractivity contribution in [3.05, 3.63) is 16.7 Å². The maximum Gasteiger partial charge on any atom is 0.231 e. The summed E-state index contributed by atoms with van der Waals surface area (Å²) in [5.74, 6) is 1.35. The number of ether oxygens (including phenoxy) is 2. The smallest absolute Gasteiger partial charge is 0.231 e. The summed E-state index contributed by atoms with van der Waals surface area (Å²) >= 11 is 5.96. The molecule has 0 aliphatic carbocycles. The Bertz CT molecular complexity index is 430. The van der Waals surface area contributed by atoms with E-state index >= 15 is 0 Å². The minimum atomic E-state index is 0.102. The summed E-state index contributed by atoms with van der Waals surface area (Å²) in [7, 11) is 0. The van der Waals surface area contributed by atoms with Crippen LogP contribution in [-0.4, -0.2) is 18.4 Å². The second-order valence-electron chi connectivity index (χ2n) is 4.00. The number of hydrogen-bond acceptors (Lipinski definition) is 4. The largest absolute Gasteiger partial charge is 0.506 e. The van der Waals surface area contributed by atoms with Gasteiger partial charge in [-0.3, -0.25) is 0 Å². The van der Waals surface area contributed by atoms with Gasteiger partial charge in [-0.1, -0.05) is 11.6 Å². The topological polar surface area (TPSA) is 50.7 Å². The molecule has 3 rings (SSSR count). The Kier molecular flexibility index (Phi) is 2.33. The molecule has 16 heavy (non-hydrogen) atoms. The van der Waals surface area contributed by atoms with E-state index in [1.54, 1.807) is 6.07 Å². The molecule has 2 heterocycles. The predicted molar refractivity (Wildman–Crippen MR) is 59.2 cm³/mol. The molecule has 4 nitrogen and oxygen atoms in total. The van der Waals surface area contributed by atoms with Crippen molar-refractivity contribution in [3.63, 3.8) is 0 Å². The first-order valence-corrected chi connectivity index (χ1v) is 5.69. The van der Waals surface area contributed by atoms with Crippen LogP contribution < -0.4 is 14.8 Å². The molecule has 2 aliphatic heterocycles. The molecule has 2 N–H and O–H groups in total. The first-order valence-electron chi connectivity index (χ1n) is 5.31. The number of phenols is 1. The van der Waals surface area contributed by atoms with Crippen LogP contribution in [-0.2, 0) is 0 Å². The fourth-order valence-corrected chi connectivity index (χ4v) is 2.48.